The number of piperidine rings is 1. The molecule has 1 atom stereocenters. The molecule has 1 heterocycles. The Morgan fingerprint density at radius 3 is 2.44 bits per heavy atom. The average Bonchev–Trinajstić information content (AvgIpc) is 2.69. The summed E-state index contributed by atoms with van der Waals surface area (Å²) in [7, 11) is 0. The van der Waals surface area contributed by atoms with Crippen LogP contribution in [0.1, 0.15) is 37.3 Å². The fourth-order valence-corrected chi connectivity index (χ4v) is 4.36. The van der Waals surface area contributed by atoms with E-state index < -0.39 is 0 Å². The summed E-state index contributed by atoms with van der Waals surface area (Å²) in [5.41, 5.74) is 2.53. The Bertz CT molecular complexity index is 744. The Hall–Kier alpha value is -1.49. The van der Waals surface area contributed by atoms with Crippen molar-refractivity contribution in [1.29, 1.82) is 0 Å². The fourth-order valence-electron chi connectivity index (χ4n) is 3.34. The van der Waals surface area contributed by atoms with E-state index >= 15 is 0 Å². The van der Waals surface area contributed by atoms with Gasteiger partial charge in [0.05, 0.1) is 5.25 Å². The van der Waals surface area contributed by atoms with Crippen LogP contribution in [0.2, 0.25) is 5.02 Å². The molecule has 1 fully saturated rings. The zero-order chi connectivity index (χ0) is 19.1. The van der Waals surface area contributed by atoms with Gasteiger partial charge in [0.1, 0.15) is 0 Å². The fraction of sp³-hybridized carbons (Fsp3) is 0.409. The lowest BCUT2D eigenvalue weighted by Gasteiger charge is -2.27. The molecule has 144 valence electrons. The molecular formula is C22H27ClN2OS. The van der Waals surface area contributed by atoms with E-state index in [9.17, 15) is 4.79 Å². The third-order valence-corrected chi connectivity index (χ3v) is 6.27. The highest BCUT2D eigenvalue weighted by Gasteiger charge is 2.16. The minimum absolute atomic E-state index is 0.0581. The Balaban J connectivity index is 1.54. The molecule has 0 aromatic heterocycles. The number of amides is 1. The van der Waals surface area contributed by atoms with E-state index in [0.29, 0.717) is 11.6 Å². The Morgan fingerprint density at radius 2 is 1.74 bits per heavy atom. The van der Waals surface area contributed by atoms with E-state index in [-0.39, 0.29) is 11.2 Å². The normalized spacial score (nSPS) is 16.1. The van der Waals surface area contributed by atoms with Gasteiger partial charge in [0, 0.05) is 23.0 Å². The maximum absolute atomic E-state index is 12.5. The highest BCUT2D eigenvalue weighted by Crippen LogP contribution is 2.25. The summed E-state index contributed by atoms with van der Waals surface area (Å²) in [6, 6.07) is 16.0. The second-order valence-electron chi connectivity index (χ2n) is 7.04. The van der Waals surface area contributed by atoms with Gasteiger partial charge in [0.15, 0.2) is 0 Å². The topological polar surface area (TPSA) is 32.3 Å². The molecule has 0 saturated carbocycles. The van der Waals surface area contributed by atoms with E-state index in [1.165, 1.54) is 43.5 Å². The summed E-state index contributed by atoms with van der Waals surface area (Å²) < 4.78 is 0. The number of benzene rings is 2. The van der Waals surface area contributed by atoms with Crippen molar-refractivity contribution in [3.8, 4) is 0 Å². The second-order valence-corrected chi connectivity index (χ2v) is 8.89. The van der Waals surface area contributed by atoms with Crippen LogP contribution >= 0.6 is 23.4 Å². The van der Waals surface area contributed by atoms with E-state index in [1.807, 2.05) is 37.3 Å². The number of halogens is 1. The van der Waals surface area contributed by atoms with Gasteiger partial charge < -0.3 is 5.32 Å². The lowest BCUT2D eigenvalue weighted by molar-refractivity contribution is -0.120. The molecule has 1 amide bonds. The molecule has 1 saturated heterocycles. The number of thioether (sulfide) groups is 1. The van der Waals surface area contributed by atoms with Crippen molar-refractivity contribution in [2.24, 2.45) is 0 Å². The van der Waals surface area contributed by atoms with Crippen LogP contribution in [0, 0.1) is 0 Å². The number of carbonyl (C=O) groups excluding carboxylic acids is 1. The van der Waals surface area contributed by atoms with Gasteiger partial charge in [-0.3, -0.25) is 9.69 Å². The molecule has 0 bridgehead atoms. The van der Waals surface area contributed by atoms with Gasteiger partial charge in [0.25, 0.3) is 0 Å². The standard InChI is InChI=1S/C22H27ClN2OS/c1-17(27-21-11-9-20(23)10-12-21)22(26)24-15-18-7-3-4-8-19(18)16-25-13-5-2-6-14-25/h3-4,7-12,17H,2,5-6,13-16H2,1H3,(H,24,26)/t17-/m0/s1. The van der Waals surface area contributed by atoms with Crippen molar-refractivity contribution < 1.29 is 4.79 Å². The van der Waals surface area contributed by atoms with Gasteiger partial charge in [-0.15, -0.1) is 11.8 Å². The maximum Gasteiger partial charge on any atom is 0.233 e. The summed E-state index contributed by atoms with van der Waals surface area (Å²) >= 11 is 7.47. The number of hydrogen-bond acceptors (Lipinski definition) is 3. The average molecular weight is 403 g/mol. The van der Waals surface area contributed by atoms with Crippen LogP contribution in [-0.4, -0.2) is 29.1 Å². The molecule has 0 aliphatic carbocycles. The van der Waals surface area contributed by atoms with Gasteiger partial charge >= 0.3 is 0 Å². The van der Waals surface area contributed by atoms with E-state index in [0.717, 1.165) is 11.4 Å². The number of rotatable bonds is 7. The predicted octanol–water partition coefficient (Wildman–Crippen LogP) is 5.12. The summed E-state index contributed by atoms with van der Waals surface area (Å²) in [6.07, 6.45) is 3.92. The van der Waals surface area contributed by atoms with Gasteiger partial charge in [-0.25, -0.2) is 0 Å². The van der Waals surface area contributed by atoms with Gasteiger partial charge in [-0.1, -0.05) is 42.3 Å². The van der Waals surface area contributed by atoms with Crippen molar-refractivity contribution in [2.75, 3.05) is 13.1 Å². The smallest absolute Gasteiger partial charge is 0.233 e. The zero-order valence-corrected chi connectivity index (χ0v) is 17.4. The number of hydrogen-bond donors (Lipinski definition) is 1. The molecule has 1 N–H and O–H groups in total. The number of nitrogens with one attached hydrogen (secondary N) is 1. The zero-order valence-electron chi connectivity index (χ0n) is 15.8. The van der Waals surface area contributed by atoms with Crippen LogP contribution in [-0.2, 0) is 17.9 Å². The Labute approximate surface area is 171 Å². The van der Waals surface area contributed by atoms with Crippen LogP contribution < -0.4 is 5.32 Å². The van der Waals surface area contributed by atoms with Gasteiger partial charge in [0.2, 0.25) is 5.91 Å². The largest absolute Gasteiger partial charge is 0.351 e. The molecule has 5 heteroatoms. The van der Waals surface area contributed by atoms with E-state index in [2.05, 4.69) is 28.4 Å². The minimum Gasteiger partial charge on any atom is -0.351 e. The van der Waals surface area contributed by atoms with Gasteiger partial charge in [-0.05, 0) is 68.2 Å². The lowest BCUT2D eigenvalue weighted by atomic mass is 10.0. The number of nitrogens with zero attached hydrogens (tertiary/aromatic N) is 1. The molecule has 0 spiro atoms. The molecule has 1 aliphatic rings. The predicted molar refractivity (Wildman–Crippen MR) is 114 cm³/mol. The minimum atomic E-state index is -0.152. The monoisotopic (exact) mass is 402 g/mol. The first-order valence-corrected chi connectivity index (χ1v) is 10.9. The molecule has 2 aromatic carbocycles. The SMILES string of the molecule is C[C@H](Sc1ccc(Cl)cc1)C(=O)NCc1ccccc1CN1CCCCC1. The van der Waals surface area contributed by atoms with Crippen molar-refractivity contribution in [2.45, 2.75) is 49.4 Å². The third-order valence-electron chi connectivity index (χ3n) is 4.91. The summed E-state index contributed by atoms with van der Waals surface area (Å²) in [4.78, 5) is 16.1. The number of likely N-dealkylation sites (tertiary alicyclic amines) is 1. The Kier molecular flexibility index (Phi) is 7.62. The van der Waals surface area contributed by atoms with Crippen molar-refractivity contribution in [3.05, 3.63) is 64.7 Å². The summed E-state index contributed by atoms with van der Waals surface area (Å²) in [6.45, 7) is 5.84. The highest BCUT2D eigenvalue weighted by molar-refractivity contribution is 8.00. The van der Waals surface area contributed by atoms with Crippen molar-refractivity contribution in [1.82, 2.24) is 10.2 Å². The number of carbonyl (C=O) groups is 1. The molecule has 0 radical (unpaired) electrons. The second kappa shape index (κ2) is 10.2. The third kappa shape index (κ3) is 6.27. The van der Waals surface area contributed by atoms with Crippen LogP contribution in [0.25, 0.3) is 0 Å². The van der Waals surface area contributed by atoms with Crippen LogP contribution in [0.3, 0.4) is 0 Å². The van der Waals surface area contributed by atoms with E-state index in [1.54, 1.807) is 11.8 Å². The molecule has 0 unspecified atom stereocenters. The first-order chi connectivity index (χ1) is 13.1. The quantitative estimate of drug-likeness (QED) is 0.652. The van der Waals surface area contributed by atoms with Crippen LogP contribution in [0.15, 0.2) is 53.4 Å². The van der Waals surface area contributed by atoms with Crippen molar-refractivity contribution in [3.63, 3.8) is 0 Å². The van der Waals surface area contributed by atoms with E-state index in [4.69, 9.17) is 11.6 Å². The molecule has 2 aromatic rings. The van der Waals surface area contributed by atoms with Crippen LogP contribution in [0.4, 0.5) is 0 Å². The molecule has 1 aliphatic heterocycles. The molecule has 3 nitrogen and oxygen atoms in total. The first-order valence-electron chi connectivity index (χ1n) is 9.61. The summed E-state index contributed by atoms with van der Waals surface area (Å²) in [5.74, 6) is 0.0581. The lowest BCUT2D eigenvalue weighted by Crippen LogP contribution is -2.32. The Morgan fingerprint density at radius 1 is 1.07 bits per heavy atom. The molecule has 3 rings (SSSR count). The van der Waals surface area contributed by atoms with Crippen molar-refractivity contribution >= 4 is 29.3 Å². The summed E-state index contributed by atoms with van der Waals surface area (Å²) in [5, 5.41) is 3.66. The highest BCUT2D eigenvalue weighted by atomic mass is 35.5. The molecule has 27 heavy (non-hydrogen) atoms. The van der Waals surface area contributed by atoms with Gasteiger partial charge in [-0.2, -0.15) is 0 Å². The maximum atomic E-state index is 12.5. The van der Waals surface area contributed by atoms with Crippen LogP contribution in [0.5, 0.6) is 0 Å². The first kappa shape index (κ1) is 20.2. The molecular weight excluding hydrogens is 376 g/mol.